The van der Waals surface area contributed by atoms with Crippen LogP contribution in [0.5, 0.6) is 0 Å². The summed E-state index contributed by atoms with van der Waals surface area (Å²) in [4.78, 5) is 11.4. The van der Waals surface area contributed by atoms with Crippen LogP contribution < -0.4 is 5.46 Å². The molecule has 0 atom stereocenters. The first kappa shape index (κ1) is 66.0. The van der Waals surface area contributed by atoms with Crippen molar-refractivity contribution in [2.75, 3.05) is 0 Å². The maximum atomic E-state index is 10.2. The quantitative estimate of drug-likeness (QED) is 0.112. The van der Waals surface area contributed by atoms with Crippen molar-refractivity contribution in [1.29, 1.82) is 5.26 Å². The van der Waals surface area contributed by atoms with Gasteiger partial charge in [-0.15, -0.1) is 0 Å². The summed E-state index contributed by atoms with van der Waals surface area (Å²) in [6, 6.07) is 110. The highest BCUT2D eigenvalue weighted by Crippen LogP contribution is 2.45. The van der Waals surface area contributed by atoms with Crippen LogP contribution in [0.3, 0.4) is 0 Å². The molecular formula is C94H64BBrN8O2. The molecule has 12 heteroatoms. The number of para-hydroxylation sites is 10. The molecule has 0 saturated carbocycles. The standard InChI is InChI=1S/C44H26N4.C25H23BN2O2.C25H15BrN2/c1-46-39-16-10-15-34(44(39)48-42-19-8-4-13-37(42)38-14-5-9-20-43(38)48)32-26-29(28-45)25-31(27-32)30-21-23-33(24-22-30)47-40-17-6-2-11-35(40)36-12-3-7-18-41(36)47;1-24(2)25(3,4)30-26(29-24)19-13-10-14-20(27-5)23(19)28-21-15-8-6-11-17(21)18-12-7-9-16-22(18)28;1-27-20-15-18(14-19(26)16-20)17-10-12-21(13-11-17)28-24-8-4-2-6-22(24)23-7-3-5-9-25(23)28/h2-27H;6-16H,1-4H3;2-16H. The van der Waals surface area contributed by atoms with Crippen LogP contribution in [0, 0.1) is 31.0 Å². The second kappa shape index (κ2) is 26.8. The van der Waals surface area contributed by atoms with Crippen LogP contribution in [0.1, 0.15) is 33.3 Å². The van der Waals surface area contributed by atoms with E-state index in [1.54, 1.807) is 0 Å². The van der Waals surface area contributed by atoms with Gasteiger partial charge >= 0.3 is 7.12 Å². The van der Waals surface area contributed by atoms with E-state index in [-0.39, 0.29) is 0 Å². The van der Waals surface area contributed by atoms with Crippen molar-refractivity contribution in [3.8, 4) is 62.2 Å². The van der Waals surface area contributed by atoms with Crippen molar-refractivity contribution in [3.05, 3.63) is 360 Å². The lowest BCUT2D eigenvalue weighted by atomic mass is 9.77. The van der Waals surface area contributed by atoms with Crippen LogP contribution in [0.25, 0.3) is 158 Å². The highest BCUT2D eigenvalue weighted by atomic mass is 79.9. The molecule has 0 unspecified atom stereocenters. The second-order valence-electron chi connectivity index (χ2n) is 27.5. The van der Waals surface area contributed by atoms with Crippen molar-refractivity contribution in [2.45, 2.75) is 38.9 Å². The topological polar surface area (TPSA) is 75.1 Å². The minimum Gasteiger partial charge on any atom is -0.399 e. The first-order valence-electron chi connectivity index (χ1n) is 35.1. The summed E-state index contributed by atoms with van der Waals surface area (Å²) < 4.78 is 22.7. The van der Waals surface area contributed by atoms with Gasteiger partial charge in [0.15, 0.2) is 5.69 Å². The number of fused-ring (bicyclic) bond motifs is 12. The lowest BCUT2D eigenvalue weighted by molar-refractivity contribution is 0.00578. The summed E-state index contributed by atoms with van der Waals surface area (Å²) in [5.41, 5.74) is 20.9. The summed E-state index contributed by atoms with van der Waals surface area (Å²) in [5, 5.41) is 19.7. The molecule has 1 aliphatic rings. The Hall–Kier alpha value is -13.3. The number of nitriles is 1. The number of hydrogen-bond acceptors (Lipinski definition) is 3. The Kier molecular flexibility index (Phi) is 16.7. The van der Waals surface area contributed by atoms with E-state index in [0.717, 1.165) is 121 Å². The first-order chi connectivity index (χ1) is 51.8. The number of benzene rings is 14. The van der Waals surface area contributed by atoms with E-state index in [1.165, 1.54) is 32.6 Å². The van der Waals surface area contributed by atoms with Gasteiger partial charge < -0.3 is 27.6 Å². The van der Waals surface area contributed by atoms with Crippen molar-refractivity contribution >= 4 is 133 Å². The van der Waals surface area contributed by atoms with Gasteiger partial charge in [0.05, 0.1) is 98.1 Å². The zero-order valence-electron chi connectivity index (χ0n) is 58.4. The molecule has 0 amide bonds. The fourth-order valence-electron chi connectivity index (χ4n) is 15.3. The third-order valence-corrected chi connectivity index (χ3v) is 21.3. The average molecular weight is 1430 g/mol. The third-order valence-electron chi connectivity index (χ3n) is 20.9. The van der Waals surface area contributed by atoms with Crippen molar-refractivity contribution in [3.63, 3.8) is 0 Å². The van der Waals surface area contributed by atoms with E-state index >= 15 is 0 Å². The van der Waals surface area contributed by atoms with E-state index in [1.807, 2.05) is 113 Å². The van der Waals surface area contributed by atoms with Gasteiger partial charge in [0.2, 0.25) is 11.4 Å². The molecule has 4 aromatic heterocycles. The van der Waals surface area contributed by atoms with Crippen molar-refractivity contribution < 1.29 is 9.31 Å². The molecule has 5 heterocycles. The van der Waals surface area contributed by atoms with E-state index in [0.29, 0.717) is 22.6 Å². The Labute approximate surface area is 622 Å². The molecule has 1 saturated heterocycles. The maximum absolute atomic E-state index is 10.2. The minimum absolute atomic E-state index is 0.454. The van der Waals surface area contributed by atoms with E-state index < -0.39 is 18.3 Å². The lowest BCUT2D eigenvalue weighted by Gasteiger charge is -2.32. The number of halogens is 1. The Balaban J connectivity index is 0.000000124. The van der Waals surface area contributed by atoms with Gasteiger partial charge in [-0.25, -0.2) is 14.5 Å². The molecular weight excluding hydrogens is 1360 g/mol. The molecule has 19 rings (SSSR count). The predicted molar refractivity (Wildman–Crippen MR) is 440 cm³/mol. The molecule has 14 aromatic carbocycles. The molecule has 18 aromatic rings. The fourth-order valence-corrected chi connectivity index (χ4v) is 15.8. The molecule has 0 radical (unpaired) electrons. The highest BCUT2D eigenvalue weighted by Gasteiger charge is 2.52. The smallest absolute Gasteiger partial charge is 0.399 e. The lowest BCUT2D eigenvalue weighted by Crippen LogP contribution is -2.41. The number of aromatic nitrogens is 4. The molecule has 106 heavy (non-hydrogen) atoms. The molecule has 10 nitrogen and oxygen atoms in total. The third kappa shape index (κ3) is 11.3. The average Bonchev–Trinajstić information content (AvgIpc) is 1.58. The molecule has 1 aliphatic heterocycles. The SMILES string of the molecule is [C-]#[N+]c1cc(Br)cc(-c2ccc(-n3c4ccccc4c4ccccc43)cc2)c1.[C-]#[N+]c1cccc(-c2cc(C#N)cc(-c3ccc(-n4c5ccccc5c5ccccc54)cc3)c2)c1-n1c2ccccc2c2ccccc21.[C-]#[N+]c1cccc(B2OC(C)(C)C(C)(C)O2)c1-n1c2ccccc2c2ccccc21. The van der Waals surface area contributed by atoms with Gasteiger partial charge in [0, 0.05) is 58.9 Å². The first-order valence-corrected chi connectivity index (χ1v) is 35.9. The Bertz CT molecular complexity index is 6520. The number of rotatable bonds is 8. The summed E-state index contributed by atoms with van der Waals surface area (Å²) in [7, 11) is -0.549. The van der Waals surface area contributed by atoms with Gasteiger partial charge in [0.1, 0.15) is 0 Å². The molecule has 0 aliphatic carbocycles. The van der Waals surface area contributed by atoms with Gasteiger partial charge in [-0.2, -0.15) is 5.26 Å². The Morgan fingerprint density at radius 1 is 0.340 bits per heavy atom. The Morgan fingerprint density at radius 2 is 0.679 bits per heavy atom. The molecule has 502 valence electrons. The maximum Gasteiger partial charge on any atom is 0.495 e. The highest BCUT2D eigenvalue weighted by molar-refractivity contribution is 9.10. The Morgan fingerprint density at radius 3 is 1.06 bits per heavy atom. The van der Waals surface area contributed by atoms with Crippen molar-refractivity contribution in [2.24, 2.45) is 0 Å². The monoisotopic (exact) mass is 1430 g/mol. The van der Waals surface area contributed by atoms with Crippen LogP contribution in [-0.4, -0.2) is 36.6 Å². The number of nitrogens with zero attached hydrogens (tertiary/aromatic N) is 8. The van der Waals surface area contributed by atoms with E-state index in [4.69, 9.17) is 29.0 Å². The summed E-state index contributed by atoms with van der Waals surface area (Å²) in [5.74, 6) is 0. The van der Waals surface area contributed by atoms with Gasteiger partial charge in [0.25, 0.3) is 0 Å². The van der Waals surface area contributed by atoms with E-state index in [2.05, 4.69) is 285 Å². The van der Waals surface area contributed by atoms with Crippen LogP contribution in [0.2, 0.25) is 0 Å². The largest absolute Gasteiger partial charge is 0.495 e. The van der Waals surface area contributed by atoms with Crippen LogP contribution in [-0.2, 0) is 9.31 Å². The number of hydrogen-bond donors (Lipinski definition) is 0. The van der Waals surface area contributed by atoms with E-state index in [9.17, 15) is 5.26 Å². The van der Waals surface area contributed by atoms with Crippen LogP contribution in [0.4, 0.5) is 17.1 Å². The fraction of sp³-hybridized carbons (Fsp3) is 0.0638. The second-order valence-corrected chi connectivity index (χ2v) is 28.4. The molecule has 0 bridgehead atoms. The predicted octanol–water partition coefficient (Wildman–Crippen LogP) is 25.0. The van der Waals surface area contributed by atoms with Crippen LogP contribution >= 0.6 is 15.9 Å². The molecule has 1 fully saturated rings. The van der Waals surface area contributed by atoms with Gasteiger partial charge in [-0.3, -0.25) is 0 Å². The zero-order chi connectivity index (χ0) is 72.4. The minimum atomic E-state index is -0.549. The molecule has 0 N–H and O–H groups in total. The van der Waals surface area contributed by atoms with Crippen LogP contribution in [0.15, 0.2) is 320 Å². The molecule has 0 spiro atoms. The van der Waals surface area contributed by atoms with Crippen molar-refractivity contribution in [1.82, 2.24) is 18.3 Å². The summed E-state index contributed by atoms with van der Waals surface area (Å²) in [6.45, 7) is 31.5. The van der Waals surface area contributed by atoms with Gasteiger partial charge in [-0.1, -0.05) is 222 Å². The van der Waals surface area contributed by atoms with Gasteiger partial charge in [-0.05, 0) is 176 Å². The summed E-state index contributed by atoms with van der Waals surface area (Å²) >= 11 is 3.50. The summed E-state index contributed by atoms with van der Waals surface area (Å²) in [6.07, 6.45) is 0. The zero-order valence-corrected chi connectivity index (χ0v) is 60.0. The normalized spacial score (nSPS) is 13.0.